The molecule has 0 unspecified atom stereocenters. The molecule has 0 radical (unpaired) electrons. The number of hydrogen-bond acceptors (Lipinski definition) is 2. The second-order valence-corrected chi connectivity index (χ2v) is 4.95. The van der Waals surface area contributed by atoms with E-state index in [1.54, 1.807) is 0 Å². The lowest BCUT2D eigenvalue weighted by molar-refractivity contribution is -0.144. The van der Waals surface area contributed by atoms with E-state index in [1.165, 1.54) is 0 Å². The summed E-state index contributed by atoms with van der Waals surface area (Å²) in [6, 6.07) is 7.51. The summed E-state index contributed by atoms with van der Waals surface area (Å²) in [6.45, 7) is 0.506. The lowest BCUT2D eigenvalue weighted by Gasteiger charge is -2.25. The number of nitrogens with one attached hydrogen (secondary N) is 1. The van der Waals surface area contributed by atoms with E-state index in [-0.39, 0.29) is 0 Å². The molecule has 1 aliphatic rings. The van der Waals surface area contributed by atoms with E-state index >= 15 is 0 Å². The Morgan fingerprint density at radius 3 is 2.59 bits per heavy atom. The Hall–Kier alpha value is -1.06. The third-order valence-corrected chi connectivity index (χ3v) is 3.81. The fourth-order valence-corrected chi connectivity index (χ4v) is 2.55. The zero-order chi connectivity index (χ0) is 12.3. The fraction of sp³-hybridized carbons (Fsp3) is 0.462. The van der Waals surface area contributed by atoms with Crippen molar-refractivity contribution in [2.75, 3.05) is 0 Å². The van der Waals surface area contributed by atoms with E-state index in [9.17, 15) is 9.90 Å². The maximum absolute atomic E-state index is 11.3. The Morgan fingerprint density at radius 2 is 2.00 bits per heavy atom. The highest BCUT2D eigenvalue weighted by Crippen LogP contribution is 2.30. The van der Waals surface area contributed by atoms with Crippen LogP contribution in [0.5, 0.6) is 0 Å². The van der Waals surface area contributed by atoms with Gasteiger partial charge in [0.2, 0.25) is 0 Å². The van der Waals surface area contributed by atoms with Crippen molar-refractivity contribution >= 4 is 17.6 Å². The van der Waals surface area contributed by atoms with Gasteiger partial charge in [-0.05, 0) is 24.5 Å². The molecule has 17 heavy (non-hydrogen) atoms. The molecule has 92 valence electrons. The molecular formula is C13H16ClNO2. The quantitative estimate of drug-likeness (QED) is 0.868. The van der Waals surface area contributed by atoms with Crippen LogP contribution in [-0.2, 0) is 11.3 Å². The van der Waals surface area contributed by atoms with Crippen molar-refractivity contribution in [3.63, 3.8) is 0 Å². The standard InChI is InChI=1S/C13H16ClNO2/c14-11-6-2-1-5-10(11)9-15-13(12(16)17)7-3-4-8-13/h1-2,5-6,15H,3-4,7-9H2,(H,16,17). The molecule has 0 atom stereocenters. The van der Waals surface area contributed by atoms with Gasteiger partial charge in [0.25, 0.3) is 0 Å². The Morgan fingerprint density at radius 1 is 1.35 bits per heavy atom. The number of carboxylic acid groups (broad SMARTS) is 1. The topological polar surface area (TPSA) is 49.3 Å². The van der Waals surface area contributed by atoms with E-state index in [0.717, 1.165) is 18.4 Å². The summed E-state index contributed by atoms with van der Waals surface area (Å²) < 4.78 is 0. The first kappa shape index (κ1) is 12.4. The number of carbonyl (C=O) groups is 1. The van der Waals surface area contributed by atoms with Crippen molar-refractivity contribution in [1.29, 1.82) is 0 Å². The minimum atomic E-state index is -0.751. The van der Waals surface area contributed by atoms with Crippen molar-refractivity contribution < 1.29 is 9.90 Å². The molecular weight excluding hydrogens is 238 g/mol. The SMILES string of the molecule is O=C(O)C1(NCc2ccccc2Cl)CCCC1. The molecule has 0 aromatic heterocycles. The largest absolute Gasteiger partial charge is 0.480 e. The van der Waals surface area contributed by atoms with Gasteiger partial charge in [-0.3, -0.25) is 10.1 Å². The highest BCUT2D eigenvalue weighted by molar-refractivity contribution is 6.31. The van der Waals surface area contributed by atoms with Crippen LogP contribution in [-0.4, -0.2) is 16.6 Å². The van der Waals surface area contributed by atoms with Crippen LogP contribution in [0.3, 0.4) is 0 Å². The molecule has 4 heteroatoms. The first-order chi connectivity index (χ1) is 8.14. The zero-order valence-electron chi connectivity index (χ0n) is 9.58. The Balaban J connectivity index is 2.06. The van der Waals surface area contributed by atoms with E-state index < -0.39 is 11.5 Å². The van der Waals surface area contributed by atoms with Crippen LogP contribution in [0.1, 0.15) is 31.2 Å². The molecule has 0 amide bonds. The molecule has 0 bridgehead atoms. The molecule has 0 aliphatic heterocycles. The van der Waals surface area contributed by atoms with Gasteiger partial charge in [0, 0.05) is 11.6 Å². The highest BCUT2D eigenvalue weighted by atomic mass is 35.5. The molecule has 2 rings (SSSR count). The number of benzene rings is 1. The van der Waals surface area contributed by atoms with Crippen LogP contribution < -0.4 is 5.32 Å². The van der Waals surface area contributed by atoms with Gasteiger partial charge in [-0.2, -0.15) is 0 Å². The van der Waals surface area contributed by atoms with Gasteiger partial charge in [0.15, 0.2) is 0 Å². The number of rotatable bonds is 4. The van der Waals surface area contributed by atoms with Gasteiger partial charge in [-0.1, -0.05) is 42.6 Å². The predicted molar refractivity (Wildman–Crippen MR) is 67.1 cm³/mol. The molecule has 0 spiro atoms. The summed E-state index contributed by atoms with van der Waals surface area (Å²) in [4.78, 5) is 11.3. The first-order valence-corrected chi connectivity index (χ1v) is 6.24. The van der Waals surface area contributed by atoms with Crippen molar-refractivity contribution in [1.82, 2.24) is 5.32 Å². The highest BCUT2D eigenvalue weighted by Gasteiger charge is 2.40. The molecule has 1 aromatic rings. The summed E-state index contributed by atoms with van der Waals surface area (Å²) in [5, 5.41) is 13.2. The lowest BCUT2D eigenvalue weighted by atomic mass is 9.97. The monoisotopic (exact) mass is 253 g/mol. The second kappa shape index (κ2) is 5.07. The summed E-state index contributed by atoms with van der Waals surface area (Å²) in [7, 11) is 0. The van der Waals surface area contributed by atoms with Gasteiger partial charge >= 0.3 is 5.97 Å². The van der Waals surface area contributed by atoms with Crippen molar-refractivity contribution in [3.05, 3.63) is 34.9 Å². The average molecular weight is 254 g/mol. The Labute approximate surface area is 106 Å². The summed E-state index contributed by atoms with van der Waals surface area (Å²) in [5.41, 5.74) is 0.195. The molecule has 3 nitrogen and oxygen atoms in total. The molecule has 1 aromatic carbocycles. The molecule has 0 heterocycles. The van der Waals surface area contributed by atoms with Gasteiger partial charge in [-0.15, -0.1) is 0 Å². The average Bonchev–Trinajstić information content (AvgIpc) is 2.78. The number of hydrogen-bond donors (Lipinski definition) is 2. The summed E-state index contributed by atoms with van der Waals surface area (Å²) >= 11 is 6.05. The molecule has 2 N–H and O–H groups in total. The van der Waals surface area contributed by atoms with Crippen LogP contribution in [0.25, 0.3) is 0 Å². The van der Waals surface area contributed by atoms with Crippen molar-refractivity contribution in [2.45, 2.75) is 37.8 Å². The summed E-state index contributed by atoms with van der Waals surface area (Å²) in [6.07, 6.45) is 3.35. The van der Waals surface area contributed by atoms with Gasteiger partial charge in [0.05, 0.1) is 0 Å². The van der Waals surface area contributed by atoms with Crippen molar-refractivity contribution in [3.8, 4) is 0 Å². The molecule has 1 saturated carbocycles. The van der Waals surface area contributed by atoms with Gasteiger partial charge in [0.1, 0.15) is 5.54 Å². The van der Waals surface area contributed by atoms with Crippen LogP contribution in [0.2, 0.25) is 5.02 Å². The zero-order valence-corrected chi connectivity index (χ0v) is 10.3. The summed E-state index contributed by atoms with van der Waals surface area (Å²) in [5.74, 6) is -0.748. The lowest BCUT2D eigenvalue weighted by Crippen LogP contribution is -2.49. The maximum atomic E-state index is 11.3. The number of halogens is 1. The first-order valence-electron chi connectivity index (χ1n) is 5.86. The minimum absolute atomic E-state index is 0.506. The molecule has 1 fully saturated rings. The van der Waals surface area contributed by atoms with Crippen LogP contribution >= 0.6 is 11.6 Å². The van der Waals surface area contributed by atoms with Gasteiger partial charge in [-0.25, -0.2) is 0 Å². The van der Waals surface area contributed by atoms with E-state index in [2.05, 4.69) is 5.32 Å². The van der Waals surface area contributed by atoms with Crippen LogP contribution in [0.15, 0.2) is 24.3 Å². The van der Waals surface area contributed by atoms with Crippen molar-refractivity contribution in [2.24, 2.45) is 0 Å². The smallest absolute Gasteiger partial charge is 0.323 e. The number of carboxylic acids is 1. The van der Waals surface area contributed by atoms with E-state index in [4.69, 9.17) is 11.6 Å². The normalized spacial score (nSPS) is 18.2. The van der Waals surface area contributed by atoms with Crippen LogP contribution in [0.4, 0.5) is 0 Å². The minimum Gasteiger partial charge on any atom is -0.480 e. The predicted octanol–water partition coefficient (Wildman–Crippen LogP) is 2.83. The second-order valence-electron chi connectivity index (χ2n) is 4.54. The van der Waals surface area contributed by atoms with E-state index in [0.29, 0.717) is 24.4 Å². The third-order valence-electron chi connectivity index (χ3n) is 3.44. The number of aliphatic carboxylic acids is 1. The maximum Gasteiger partial charge on any atom is 0.323 e. The third kappa shape index (κ3) is 2.61. The Bertz CT molecular complexity index is 414. The fourth-order valence-electron chi connectivity index (χ4n) is 2.35. The molecule has 0 saturated heterocycles. The van der Waals surface area contributed by atoms with Crippen LogP contribution in [0, 0.1) is 0 Å². The van der Waals surface area contributed by atoms with E-state index in [1.807, 2.05) is 24.3 Å². The Kier molecular flexibility index (Phi) is 3.69. The van der Waals surface area contributed by atoms with Gasteiger partial charge < -0.3 is 5.11 Å². The molecule has 1 aliphatic carbocycles.